The molecule has 1 N–H and O–H groups in total. The highest BCUT2D eigenvalue weighted by molar-refractivity contribution is 5.97. The maximum atomic E-state index is 12.5. The number of carbonyl (C=O) groups excluding carboxylic acids is 2. The van der Waals surface area contributed by atoms with Crippen molar-refractivity contribution in [3.05, 3.63) is 35.4 Å². The van der Waals surface area contributed by atoms with Crippen molar-refractivity contribution in [2.75, 3.05) is 13.1 Å². The molecule has 1 saturated heterocycles. The summed E-state index contributed by atoms with van der Waals surface area (Å²) in [6.07, 6.45) is 1.53. The van der Waals surface area contributed by atoms with E-state index in [0.29, 0.717) is 24.2 Å². The standard InChI is InChI=1S/C17H19NO4/c1-10(19)11-2-4-12(5-3-11)16(20)18-8-6-13-14(7-9-18)15(13)17(21)22/h2-5,13-15H,6-9H2,1H3,(H,21,22)/t13-,14+,15?. The number of aliphatic carboxylic acids is 1. The molecule has 1 unspecified atom stereocenters. The second kappa shape index (κ2) is 5.55. The predicted octanol–water partition coefficient (Wildman–Crippen LogP) is 2.07. The van der Waals surface area contributed by atoms with E-state index < -0.39 is 5.97 Å². The van der Waals surface area contributed by atoms with Crippen LogP contribution in [0.2, 0.25) is 0 Å². The SMILES string of the molecule is CC(=O)c1ccc(C(=O)N2CC[C@@H]3C(C(=O)O)[C@@H]3CC2)cc1. The van der Waals surface area contributed by atoms with Gasteiger partial charge < -0.3 is 10.0 Å². The van der Waals surface area contributed by atoms with Crippen molar-refractivity contribution < 1.29 is 19.5 Å². The molecule has 5 heteroatoms. The quantitative estimate of drug-likeness (QED) is 0.867. The normalized spacial score (nSPS) is 26.8. The molecular weight excluding hydrogens is 282 g/mol. The summed E-state index contributed by atoms with van der Waals surface area (Å²) in [5.74, 6) is -0.496. The Balaban J connectivity index is 1.64. The van der Waals surface area contributed by atoms with Crippen LogP contribution < -0.4 is 0 Å². The number of carboxylic acids is 1. The molecule has 1 amide bonds. The van der Waals surface area contributed by atoms with E-state index in [1.807, 2.05) is 0 Å². The van der Waals surface area contributed by atoms with Gasteiger partial charge in [-0.2, -0.15) is 0 Å². The molecule has 0 radical (unpaired) electrons. The zero-order valence-corrected chi connectivity index (χ0v) is 12.5. The average Bonchev–Trinajstić information content (AvgIpc) is 3.21. The first-order valence-electron chi connectivity index (χ1n) is 7.62. The van der Waals surface area contributed by atoms with Gasteiger partial charge in [-0.1, -0.05) is 12.1 Å². The van der Waals surface area contributed by atoms with E-state index in [1.165, 1.54) is 6.92 Å². The zero-order chi connectivity index (χ0) is 15.9. The number of benzene rings is 1. The number of nitrogens with zero attached hydrogens (tertiary/aromatic N) is 1. The van der Waals surface area contributed by atoms with Crippen LogP contribution in [0.25, 0.3) is 0 Å². The minimum Gasteiger partial charge on any atom is -0.481 e. The molecule has 2 fully saturated rings. The fourth-order valence-electron chi connectivity index (χ4n) is 3.55. The molecular formula is C17H19NO4. The molecule has 1 aliphatic heterocycles. The van der Waals surface area contributed by atoms with Crippen LogP contribution in [-0.4, -0.2) is 40.8 Å². The van der Waals surface area contributed by atoms with Crippen LogP contribution in [0.1, 0.15) is 40.5 Å². The van der Waals surface area contributed by atoms with E-state index in [0.717, 1.165) is 12.8 Å². The second-order valence-corrected chi connectivity index (χ2v) is 6.19. The van der Waals surface area contributed by atoms with Gasteiger partial charge in [0.15, 0.2) is 5.78 Å². The van der Waals surface area contributed by atoms with Crippen LogP contribution in [0.4, 0.5) is 0 Å². The van der Waals surface area contributed by atoms with Gasteiger partial charge in [-0.3, -0.25) is 14.4 Å². The number of likely N-dealkylation sites (tertiary alicyclic amines) is 1. The van der Waals surface area contributed by atoms with Gasteiger partial charge in [-0.15, -0.1) is 0 Å². The molecule has 1 saturated carbocycles. The number of hydrogen-bond donors (Lipinski definition) is 1. The molecule has 5 nitrogen and oxygen atoms in total. The van der Waals surface area contributed by atoms with Crippen LogP contribution in [-0.2, 0) is 4.79 Å². The molecule has 1 aromatic rings. The fraction of sp³-hybridized carbons (Fsp3) is 0.471. The Morgan fingerprint density at radius 1 is 1.00 bits per heavy atom. The monoisotopic (exact) mass is 301 g/mol. The van der Waals surface area contributed by atoms with Crippen molar-refractivity contribution in [3.63, 3.8) is 0 Å². The van der Waals surface area contributed by atoms with Crippen LogP contribution in [0.3, 0.4) is 0 Å². The van der Waals surface area contributed by atoms with Crippen LogP contribution in [0.15, 0.2) is 24.3 Å². The molecule has 3 atom stereocenters. The number of Topliss-reactive ketones (excluding diaryl/α,β-unsaturated/α-hetero) is 1. The van der Waals surface area contributed by atoms with Gasteiger partial charge in [0, 0.05) is 24.2 Å². The van der Waals surface area contributed by atoms with E-state index in [4.69, 9.17) is 5.11 Å². The van der Waals surface area contributed by atoms with Crippen molar-refractivity contribution in [2.24, 2.45) is 17.8 Å². The van der Waals surface area contributed by atoms with Gasteiger partial charge in [0.1, 0.15) is 0 Å². The molecule has 0 bridgehead atoms. The Kier molecular flexibility index (Phi) is 3.72. The maximum absolute atomic E-state index is 12.5. The van der Waals surface area contributed by atoms with Crippen molar-refractivity contribution in [1.29, 1.82) is 0 Å². The molecule has 3 rings (SSSR count). The highest BCUT2D eigenvalue weighted by Gasteiger charge is 2.55. The number of ketones is 1. The molecule has 0 aromatic heterocycles. The Morgan fingerprint density at radius 3 is 1.95 bits per heavy atom. The summed E-state index contributed by atoms with van der Waals surface area (Å²) in [6.45, 7) is 2.72. The Labute approximate surface area is 128 Å². The number of carbonyl (C=O) groups is 3. The maximum Gasteiger partial charge on any atom is 0.307 e. The van der Waals surface area contributed by atoms with Crippen LogP contribution in [0.5, 0.6) is 0 Å². The Bertz CT molecular complexity index is 608. The highest BCUT2D eigenvalue weighted by Crippen LogP contribution is 2.52. The van der Waals surface area contributed by atoms with Crippen molar-refractivity contribution >= 4 is 17.7 Å². The van der Waals surface area contributed by atoms with Crippen molar-refractivity contribution in [3.8, 4) is 0 Å². The number of rotatable bonds is 3. The summed E-state index contributed by atoms with van der Waals surface area (Å²) >= 11 is 0. The predicted molar refractivity (Wildman–Crippen MR) is 79.7 cm³/mol. The third kappa shape index (κ3) is 2.63. The zero-order valence-electron chi connectivity index (χ0n) is 12.5. The minimum atomic E-state index is -0.699. The number of fused-ring (bicyclic) bond motifs is 1. The lowest BCUT2D eigenvalue weighted by Crippen LogP contribution is -2.33. The summed E-state index contributed by atoms with van der Waals surface area (Å²) in [7, 11) is 0. The first-order chi connectivity index (χ1) is 10.5. The largest absolute Gasteiger partial charge is 0.481 e. The Morgan fingerprint density at radius 2 is 1.50 bits per heavy atom. The first-order valence-corrected chi connectivity index (χ1v) is 7.62. The lowest BCUT2D eigenvalue weighted by Gasteiger charge is -2.21. The van der Waals surface area contributed by atoms with Gasteiger partial charge >= 0.3 is 5.97 Å². The van der Waals surface area contributed by atoms with Gasteiger partial charge in [0.25, 0.3) is 5.91 Å². The first kappa shape index (κ1) is 14.8. The molecule has 22 heavy (non-hydrogen) atoms. The van der Waals surface area contributed by atoms with E-state index in [9.17, 15) is 14.4 Å². The summed E-state index contributed by atoms with van der Waals surface area (Å²) < 4.78 is 0. The molecule has 0 spiro atoms. The average molecular weight is 301 g/mol. The van der Waals surface area contributed by atoms with Crippen molar-refractivity contribution in [2.45, 2.75) is 19.8 Å². The fourth-order valence-corrected chi connectivity index (χ4v) is 3.55. The van der Waals surface area contributed by atoms with Gasteiger partial charge in [-0.05, 0) is 43.7 Å². The van der Waals surface area contributed by atoms with Gasteiger partial charge in [-0.25, -0.2) is 0 Å². The van der Waals surface area contributed by atoms with Gasteiger partial charge in [0.2, 0.25) is 0 Å². The van der Waals surface area contributed by atoms with E-state index in [-0.39, 0.29) is 29.4 Å². The van der Waals surface area contributed by atoms with Crippen LogP contribution in [0, 0.1) is 17.8 Å². The second-order valence-electron chi connectivity index (χ2n) is 6.19. The minimum absolute atomic E-state index is 0.0198. The molecule has 116 valence electrons. The van der Waals surface area contributed by atoms with E-state index in [2.05, 4.69) is 0 Å². The molecule has 1 aromatic carbocycles. The summed E-state index contributed by atoms with van der Waals surface area (Å²) in [4.78, 5) is 36.6. The lowest BCUT2D eigenvalue weighted by atomic mass is 10.1. The molecule has 1 heterocycles. The van der Waals surface area contributed by atoms with E-state index in [1.54, 1.807) is 29.2 Å². The third-order valence-electron chi connectivity index (χ3n) is 4.91. The highest BCUT2D eigenvalue weighted by atomic mass is 16.4. The lowest BCUT2D eigenvalue weighted by molar-refractivity contribution is -0.139. The number of hydrogen-bond acceptors (Lipinski definition) is 3. The summed E-state index contributed by atoms with van der Waals surface area (Å²) in [6, 6.07) is 6.71. The summed E-state index contributed by atoms with van der Waals surface area (Å²) in [5, 5.41) is 9.09. The number of amides is 1. The summed E-state index contributed by atoms with van der Waals surface area (Å²) in [5.41, 5.74) is 1.17. The van der Waals surface area contributed by atoms with Crippen LogP contribution >= 0.6 is 0 Å². The van der Waals surface area contributed by atoms with Gasteiger partial charge in [0.05, 0.1) is 5.92 Å². The third-order valence-corrected chi connectivity index (χ3v) is 4.91. The smallest absolute Gasteiger partial charge is 0.307 e. The topological polar surface area (TPSA) is 74.7 Å². The van der Waals surface area contributed by atoms with Crippen molar-refractivity contribution in [1.82, 2.24) is 4.90 Å². The Hall–Kier alpha value is -2.17. The molecule has 2 aliphatic rings. The number of carboxylic acid groups (broad SMARTS) is 1. The van der Waals surface area contributed by atoms with E-state index >= 15 is 0 Å². The molecule has 1 aliphatic carbocycles.